The molecular weight excluding hydrogens is 831 g/mol. The average molecular weight is 866 g/mol. The van der Waals surface area contributed by atoms with E-state index in [1.165, 1.54) is 32.7 Å². The summed E-state index contributed by atoms with van der Waals surface area (Å²) in [6.45, 7) is 0. The first-order valence-corrected chi connectivity index (χ1v) is 21.1. The molecular formula is C54H34BBrN2O4. The van der Waals surface area contributed by atoms with Crippen LogP contribution >= 0.6 is 15.9 Å². The molecule has 0 spiro atoms. The molecule has 8 heteroatoms. The van der Waals surface area contributed by atoms with Gasteiger partial charge < -0.3 is 18.9 Å². The Bertz CT molecular complexity index is 3460. The number of hydrogen-bond donors (Lipinski definition) is 2. The van der Waals surface area contributed by atoms with Crippen LogP contribution in [0.5, 0.6) is 0 Å². The van der Waals surface area contributed by atoms with Crippen molar-refractivity contribution in [2.45, 2.75) is 0 Å². The van der Waals surface area contributed by atoms with E-state index < -0.39 is 7.12 Å². The first-order valence-electron chi connectivity index (χ1n) is 20.3. The predicted molar refractivity (Wildman–Crippen MR) is 257 cm³/mol. The minimum absolute atomic E-state index is 0.531. The quantitative estimate of drug-likeness (QED) is 0.132. The normalized spacial score (nSPS) is 11.5. The predicted octanol–water partition coefficient (Wildman–Crippen LogP) is 13.4. The minimum atomic E-state index is -1.56. The Morgan fingerprint density at radius 3 is 1.03 bits per heavy atom. The van der Waals surface area contributed by atoms with Crippen molar-refractivity contribution in [3.05, 3.63) is 199 Å². The highest BCUT2D eigenvalue weighted by molar-refractivity contribution is 9.10. The van der Waals surface area contributed by atoms with E-state index in [0.717, 1.165) is 70.5 Å². The summed E-state index contributed by atoms with van der Waals surface area (Å²) in [6, 6.07) is 65.0. The van der Waals surface area contributed by atoms with Crippen LogP contribution in [0.3, 0.4) is 0 Å². The maximum absolute atomic E-state index is 10.1. The van der Waals surface area contributed by atoms with Crippen LogP contribution in [0.4, 0.5) is 0 Å². The molecule has 0 saturated carbocycles. The van der Waals surface area contributed by atoms with E-state index in [4.69, 9.17) is 8.83 Å². The van der Waals surface area contributed by atoms with Crippen molar-refractivity contribution >= 4 is 93.8 Å². The number of fused-ring (bicyclic) bond motifs is 6. The summed E-state index contributed by atoms with van der Waals surface area (Å²) >= 11 is 3.83. The highest BCUT2D eigenvalue weighted by atomic mass is 79.9. The lowest BCUT2D eigenvalue weighted by molar-refractivity contribution is 0.426. The summed E-state index contributed by atoms with van der Waals surface area (Å²) < 4.78 is 13.0. The van der Waals surface area contributed by atoms with Gasteiger partial charge in [0, 0.05) is 15.6 Å². The third-order valence-corrected chi connectivity index (χ3v) is 12.4. The van der Waals surface area contributed by atoms with Gasteiger partial charge in [-0.15, -0.1) is 0 Å². The van der Waals surface area contributed by atoms with E-state index >= 15 is 0 Å². The second kappa shape index (κ2) is 15.6. The molecule has 0 aliphatic rings. The third kappa shape index (κ3) is 6.53. The minimum Gasteiger partial charge on any atom is -0.436 e. The zero-order valence-corrected chi connectivity index (χ0v) is 34.6. The van der Waals surface area contributed by atoms with Crippen LogP contribution in [0, 0.1) is 0 Å². The van der Waals surface area contributed by atoms with Gasteiger partial charge >= 0.3 is 7.12 Å². The molecule has 6 nitrogen and oxygen atoms in total. The number of halogens is 1. The van der Waals surface area contributed by atoms with Crippen molar-refractivity contribution in [2.24, 2.45) is 0 Å². The molecule has 294 valence electrons. The summed E-state index contributed by atoms with van der Waals surface area (Å²) in [4.78, 5) is 9.22. The SMILES string of the molecule is Brc1c2ccccc2c(-c2ccc(-c3nc4ccccc4o3)cc2)c2ccccc12.OB(O)c1c2ccccc2c(-c2ccc(-c3nc4ccccc4o3)cc2)c2ccccc12. The maximum atomic E-state index is 10.1. The van der Waals surface area contributed by atoms with Gasteiger partial charge in [-0.2, -0.15) is 0 Å². The lowest BCUT2D eigenvalue weighted by Crippen LogP contribution is -2.31. The van der Waals surface area contributed by atoms with Crippen molar-refractivity contribution < 1.29 is 18.9 Å². The Morgan fingerprint density at radius 2 is 0.661 bits per heavy atom. The molecule has 0 saturated heterocycles. The van der Waals surface area contributed by atoms with Gasteiger partial charge in [0.2, 0.25) is 11.8 Å². The van der Waals surface area contributed by atoms with Gasteiger partial charge in [-0.1, -0.05) is 146 Å². The molecule has 2 N–H and O–H groups in total. The lowest BCUT2D eigenvalue weighted by Gasteiger charge is -2.17. The van der Waals surface area contributed by atoms with Gasteiger partial charge in [0.15, 0.2) is 11.2 Å². The number of aromatic nitrogens is 2. The highest BCUT2D eigenvalue weighted by Gasteiger charge is 2.22. The molecule has 2 aromatic heterocycles. The molecule has 12 rings (SSSR count). The molecule has 0 aliphatic heterocycles. The topological polar surface area (TPSA) is 92.5 Å². The molecule has 0 bridgehead atoms. The van der Waals surface area contributed by atoms with Crippen LogP contribution in [0.2, 0.25) is 0 Å². The van der Waals surface area contributed by atoms with E-state index in [1.807, 2.05) is 109 Å². The third-order valence-electron chi connectivity index (χ3n) is 11.5. The van der Waals surface area contributed by atoms with Gasteiger partial charge in [-0.25, -0.2) is 9.97 Å². The summed E-state index contributed by atoms with van der Waals surface area (Å²) in [7, 11) is -1.56. The molecule has 0 radical (unpaired) electrons. The first-order chi connectivity index (χ1) is 30.5. The zero-order valence-electron chi connectivity index (χ0n) is 33.0. The van der Waals surface area contributed by atoms with Crippen molar-refractivity contribution in [3.8, 4) is 45.2 Å². The van der Waals surface area contributed by atoms with Gasteiger partial charge in [0.1, 0.15) is 11.0 Å². The van der Waals surface area contributed by atoms with Crippen LogP contribution in [0.15, 0.2) is 207 Å². The Morgan fingerprint density at radius 1 is 0.355 bits per heavy atom. The first kappa shape index (κ1) is 37.6. The molecule has 62 heavy (non-hydrogen) atoms. The standard InChI is InChI=1S/C27H18BNO3.C27H16BrNO/c30-28(31)26-21-9-3-1-7-19(21)25(20-8-2-4-10-22(20)26)17-13-15-18(16-14-17)27-29-23-11-5-6-12-24(23)32-27;28-26-21-9-3-1-7-19(21)25(20-8-2-4-10-22(20)26)17-13-15-18(16-14-17)27-29-23-11-5-6-12-24(23)30-27/h1-16,30-31H;1-16H. The van der Waals surface area contributed by atoms with Crippen molar-refractivity contribution in [3.63, 3.8) is 0 Å². The monoisotopic (exact) mass is 864 g/mol. The van der Waals surface area contributed by atoms with E-state index in [0.29, 0.717) is 17.2 Å². The Kier molecular flexibility index (Phi) is 9.46. The van der Waals surface area contributed by atoms with E-state index in [9.17, 15) is 10.0 Å². The van der Waals surface area contributed by atoms with Gasteiger partial charge in [0.25, 0.3) is 0 Å². The van der Waals surface area contributed by atoms with Crippen LogP contribution in [-0.4, -0.2) is 27.1 Å². The van der Waals surface area contributed by atoms with Crippen LogP contribution < -0.4 is 5.46 Å². The summed E-state index contributed by atoms with van der Waals surface area (Å²) in [5.74, 6) is 1.24. The fourth-order valence-electron chi connectivity index (χ4n) is 8.69. The maximum Gasteiger partial charge on any atom is 0.489 e. The van der Waals surface area contributed by atoms with E-state index in [-0.39, 0.29) is 0 Å². The molecule has 2 heterocycles. The fraction of sp³-hybridized carbons (Fsp3) is 0. The van der Waals surface area contributed by atoms with Crippen molar-refractivity contribution in [1.29, 1.82) is 0 Å². The Hall–Kier alpha value is -7.36. The van der Waals surface area contributed by atoms with Gasteiger partial charge in [0.05, 0.1) is 0 Å². The van der Waals surface area contributed by atoms with E-state index in [1.54, 1.807) is 0 Å². The van der Waals surface area contributed by atoms with Crippen molar-refractivity contribution in [1.82, 2.24) is 9.97 Å². The van der Waals surface area contributed by atoms with Gasteiger partial charge in [-0.3, -0.25) is 0 Å². The van der Waals surface area contributed by atoms with Crippen LogP contribution in [0.25, 0.3) is 110 Å². The molecule has 0 amide bonds. The van der Waals surface area contributed by atoms with Crippen molar-refractivity contribution in [2.75, 3.05) is 0 Å². The Labute approximate surface area is 364 Å². The zero-order chi connectivity index (χ0) is 41.7. The largest absolute Gasteiger partial charge is 0.489 e. The molecule has 0 fully saturated rings. The highest BCUT2D eigenvalue weighted by Crippen LogP contribution is 2.42. The molecule has 0 aliphatic carbocycles. The smallest absolute Gasteiger partial charge is 0.436 e. The second-order valence-electron chi connectivity index (χ2n) is 15.2. The van der Waals surface area contributed by atoms with Crippen LogP contribution in [-0.2, 0) is 0 Å². The molecule has 0 atom stereocenters. The number of oxazole rings is 2. The molecule has 0 unspecified atom stereocenters. The van der Waals surface area contributed by atoms with E-state index in [2.05, 4.69) is 111 Å². The number of rotatable bonds is 5. The van der Waals surface area contributed by atoms with Gasteiger partial charge in [-0.05, 0) is 135 Å². The fourth-order valence-corrected chi connectivity index (χ4v) is 9.38. The number of hydrogen-bond acceptors (Lipinski definition) is 6. The number of nitrogens with zero attached hydrogens (tertiary/aromatic N) is 2. The summed E-state index contributed by atoms with van der Waals surface area (Å²) in [5, 5.41) is 28.8. The summed E-state index contributed by atoms with van der Waals surface area (Å²) in [5.41, 5.74) is 10.2. The lowest BCUT2D eigenvalue weighted by atomic mass is 9.72. The average Bonchev–Trinajstić information content (AvgIpc) is 3.97. The number of para-hydroxylation sites is 4. The number of benzene rings is 10. The van der Waals surface area contributed by atoms with Crippen LogP contribution in [0.1, 0.15) is 0 Å². The molecule has 12 aromatic rings. The second-order valence-corrected chi connectivity index (χ2v) is 16.0. The Balaban J connectivity index is 0.000000140. The molecule has 10 aromatic carbocycles. The summed E-state index contributed by atoms with van der Waals surface area (Å²) in [6.07, 6.45) is 0.